The number of morpholine rings is 1. The van der Waals surface area contributed by atoms with Crippen LogP contribution in [0.4, 0.5) is 15.8 Å². The zero-order chi connectivity index (χ0) is 20.1. The molecule has 1 fully saturated rings. The first-order valence-electron chi connectivity index (χ1n) is 8.84. The molecular weight excluding hydrogens is 385 g/mol. The maximum Gasteiger partial charge on any atom is 0.243 e. The van der Waals surface area contributed by atoms with E-state index in [1.54, 1.807) is 25.1 Å². The van der Waals surface area contributed by atoms with Gasteiger partial charge < -0.3 is 15.4 Å². The molecule has 1 amide bonds. The van der Waals surface area contributed by atoms with Crippen LogP contribution >= 0.6 is 0 Å². The molecule has 0 aromatic heterocycles. The Bertz CT molecular complexity index is 959. The molecule has 2 aromatic rings. The summed E-state index contributed by atoms with van der Waals surface area (Å²) in [5.41, 5.74) is 1.46. The number of aryl methyl sites for hydroxylation is 1. The Morgan fingerprint density at radius 2 is 1.89 bits per heavy atom. The monoisotopic (exact) mass is 407 g/mol. The number of ether oxygens (including phenoxy) is 1. The second-order valence-electron chi connectivity index (χ2n) is 6.41. The van der Waals surface area contributed by atoms with Crippen LogP contribution in [0.5, 0.6) is 0 Å². The van der Waals surface area contributed by atoms with E-state index in [-0.39, 0.29) is 17.3 Å². The SMILES string of the molecule is Cc1ccc(NC(=O)CNc2cccc(F)c2)cc1S(=O)(=O)N1CCOCC1. The lowest BCUT2D eigenvalue weighted by atomic mass is 10.2. The molecule has 0 radical (unpaired) electrons. The van der Waals surface area contributed by atoms with E-state index in [1.165, 1.54) is 28.6 Å². The number of benzene rings is 2. The number of carbonyl (C=O) groups excluding carboxylic acids is 1. The van der Waals surface area contributed by atoms with Gasteiger partial charge in [-0.1, -0.05) is 12.1 Å². The van der Waals surface area contributed by atoms with Gasteiger partial charge in [-0.2, -0.15) is 4.31 Å². The van der Waals surface area contributed by atoms with Crippen molar-refractivity contribution in [2.45, 2.75) is 11.8 Å². The van der Waals surface area contributed by atoms with Crippen molar-refractivity contribution in [2.75, 3.05) is 43.5 Å². The average Bonchev–Trinajstić information content (AvgIpc) is 2.68. The molecule has 150 valence electrons. The predicted molar refractivity (Wildman–Crippen MR) is 104 cm³/mol. The molecule has 9 heteroatoms. The molecule has 0 unspecified atom stereocenters. The van der Waals surface area contributed by atoms with Gasteiger partial charge in [-0.25, -0.2) is 12.8 Å². The molecule has 0 aliphatic carbocycles. The number of nitrogens with zero attached hydrogens (tertiary/aromatic N) is 1. The Hall–Kier alpha value is -2.49. The lowest BCUT2D eigenvalue weighted by Crippen LogP contribution is -2.40. The second-order valence-corrected chi connectivity index (χ2v) is 8.32. The molecule has 2 aromatic carbocycles. The van der Waals surface area contributed by atoms with Crippen LogP contribution in [-0.4, -0.2) is 51.5 Å². The lowest BCUT2D eigenvalue weighted by Gasteiger charge is -2.26. The van der Waals surface area contributed by atoms with Gasteiger partial charge in [0.1, 0.15) is 5.82 Å². The summed E-state index contributed by atoms with van der Waals surface area (Å²) in [4.78, 5) is 12.3. The van der Waals surface area contributed by atoms with Gasteiger partial charge in [-0.3, -0.25) is 4.79 Å². The van der Waals surface area contributed by atoms with Crippen molar-refractivity contribution in [1.29, 1.82) is 0 Å². The van der Waals surface area contributed by atoms with Gasteiger partial charge >= 0.3 is 0 Å². The van der Waals surface area contributed by atoms with E-state index >= 15 is 0 Å². The molecule has 1 heterocycles. The van der Waals surface area contributed by atoms with Gasteiger partial charge in [-0.15, -0.1) is 0 Å². The third-order valence-electron chi connectivity index (χ3n) is 4.34. The van der Waals surface area contributed by atoms with Crippen molar-refractivity contribution in [1.82, 2.24) is 4.31 Å². The first-order chi connectivity index (χ1) is 13.4. The molecular formula is C19H22FN3O4S. The first kappa shape index (κ1) is 20.2. The van der Waals surface area contributed by atoms with Crippen LogP contribution in [0.15, 0.2) is 47.4 Å². The van der Waals surface area contributed by atoms with Crippen molar-refractivity contribution in [3.8, 4) is 0 Å². The van der Waals surface area contributed by atoms with Gasteiger partial charge in [0.2, 0.25) is 15.9 Å². The third kappa shape index (κ3) is 4.86. The highest BCUT2D eigenvalue weighted by Crippen LogP contribution is 2.24. The van der Waals surface area contributed by atoms with Crippen LogP contribution in [0.1, 0.15) is 5.56 Å². The average molecular weight is 407 g/mol. The van der Waals surface area contributed by atoms with Crippen molar-refractivity contribution in [3.63, 3.8) is 0 Å². The number of amides is 1. The number of hydrogen-bond donors (Lipinski definition) is 2. The summed E-state index contributed by atoms with van der Waals surface area (Å²) in [5, 5.41) is 5.49. The molecule has 0 spiro atoms. The zero-order valence-electron chi connectivity index (χ0n) is 15.4. The topological polar surface area (TPSA) is 87.7 Å². The summed E-state index contributed by atoms with van der Waals surface area (Å²) in [6.45, 7) is 2.96. The minimum atomic E-state index is -3.67. The standard InChI is InChI=1S/C19H22FN3O4S/c1-14-5-6-17(12-18(14)28(25,26)23-7-9-27-10-8-23)22-19(24)13-21-16-4-2-3-15(20)11-16/h2-6,11-12,21H,7-10,13H2,1H3,(H,22,24). The van der Waals surface area contributed by atoms with E-state index in [0.29, 0.717) is 43.2 Å². The van der Waals surface area contributed by atoms with Crippen molar-refractivity contribution >= 4 is 27.3 Å². The van der Waals surface area contributed by atoms with E-state index in [1.807, 2.05) is 0 Å². The molecule has 0 atom stereocenters. The minimum Gasteiger partial charge on any atom is -0.379 e. The normalized spacial score (nSPS) is 15.2. The summed E-state index contributed by atoms with van der Waals surface area (Å²) >= 11 is 0. The number of anilines is 2. The van der Waals surface area contributed by atoms with Gasteiger partial charge in [0.05, 0.1) is 24.7 Å². The van der Waals surface area contributed by atoms with Crippen LogP contribution in [0.2, 0.25) is 0 Å². The molecule has 2 N–H and O–H groups in total. The van der Waals surface area contributed by atoms with Gasteiger partial charge in [0, 0.05) is 24.5 Å². The zero-order valence-corrected chi connectivity index (χ0v) is 16.3. The molecule has 1 saturated heterocycles. The maximum atomic E-state index is 13.2. The van der Waals surface area contributed by atoms with Crippen LogP contribution < -0.4 is 10.6 Å². The Morgan fingerprint density at radius 3 is 2.61 bits per heavy atom. The number of sulfonamides is 1. The molecule has 1 aliphatic heterocycles. The van der Waals surface area contributed by atoms with Gasteiger partial charge in [0.15, 0.2) is 0 Å². The highest BCUT2D eigenvalue weighted by Gasteiger charge is 2.28. The molecule has 7 nitrogen and oxygen atoms in total. The van der Waals surface area contributed by atoms with E-state index in [0.717, 1.165) is 0 Å². The maximum absolute atomic E-state index is 13.2. The van der Waals surface area contributed by atoms with Crippen molar-refractivity contribution in [2.24, 2.45) is 0 Å². The van der Waals surface area contributed by atoms with Crippen LogP contribution in [0.3, 0.4) is 0 Å². The van der Waals surface area contributed by atoms with E-state index in [9.17, 15) is 17.6 Å². The van der Waals surface area contributed by atoms with Crippen LogP contribution in [-0.2, 0) is 19.6 Å². The highest BCUT2D eigenvalue weighted by molar-refractivity contribution is 7.89. The number of carbonyl (C=O) groups is 1. The smallest absolute Gasteiger partial charge is 0.243 e. The minimum absolute atomic E-state index is 0.0805. The van der Waals surface area contributed by atoms with Crippen LogP contribution in [0, 0.1) is 12.7 Å². The van der Waals surface area contributed by atoms with Gasteiger partial charge in [0.25, 0.3) is 0 Å². The largest absolute Gasteiger partial charge is 0.379 e. The fourth-order valence-corrected chi connectivity index (χ4v) is 4.53. The molecule has 1 aliphatic rings. The molecule has 3 rings (SSSR count). The lowest BCUT2D eigenvalue weighted by molar-refractivity contribution is -0.114. The fourth-order valence-electron chi connectivity index (χ4n) is 2.87. The van der Waals surface area contributed by atoms with Crippen LogP contribution in [0.25, 0.3) is 0 Å². The third-order valence-corrected chi connectivity index (χ3v) is 6.38. The van der Waals surface area contributed by atoms with E-state index < -0.39 is 15.8 Å². The van der Waals surface area contributed by atoms with Crippen molar-refractivity contribution < 1.29 is 22.3 Å². The summed E-state index contributed by atoms with van der Waals surface area (Å²) in [7, 11) is -3.67. The Balaban J connectivity index is 1.69. The molecule has 28 heavy (non-hydrogen) atoms. The number of rotatable bonds is 6. The predicted octanol–water partition coefficient (Wildman–Crippen LogP) is 2.21. The fraction of sp³-hybridized carbons (Fsp3) is 0.316. The van der Waals surface area contributed by atoms with E-state index in [4.69, 9.17) is 4.74 Å². The summed E-state index contributed by atoms with van der Waals surface area (Å²) in [6.07, 6.45) is 0. The summed E-state index contributed by atoms with van der Waals surface area (Å²) in [5.74, 6) is -0.773. The Labute approximate surface area is 163 Å². The number of hydrogen-bond acceptors (Lipinski definition) is 5. The van der Waals surface area contributed by atoms with Crippen molar-refractivity contribution in [3.05, 3.63) is 53.8 Å². The Morgan fingerprint density at radius 1 is 1.14 bits per heavy atom. The second kappa shape index (κ2) is 8.68. The van der Waals surface area contributed by atoms with Gasteiger partial charge in [-0.05, 0) is 42.8 Å². The number of nitrogens with one attached hydrogen (secondary N) is 2. The first-order valence-corrected chi connectivity index (χ1v) is 10.3. The summed E-state index contributed by atoms with van der Waals surface area (Å²) in [6, 6.07) is 10.5. The Kier molecular flexibility index (Phi) is 6.28. The summed E-state index contributed by atoms with van der Waals surface area (Å²) < 4.78 is 45.6. The quantitative estimate of drug-likeness (QED) is 0.767. The molecule has 0 bridgehead atoms. The highest BCUT2D eigenvalue weighted by atomic mass is 32.2. The van der Waals surface area contributed by atoms with E-state index in [2.05, 4.69) is 10.6 Å². The number of halogens is 1. The molecule has 0 saturated carbocycles.